The summed E-state index contributed by atoms with van der Waals surface area (Å²) in [6.07, 6.45) is 2.50. The first kappa shape index (κ1) is 12.2. The van der Waals surface area contributed by atoms with Gasteiger partial charge in [-0.2, -0.15) is 0 Å². The number of rotatable bonds is 4. The second-order valence-corrected chi connectivity index (χ2v) is 5.33. The number of hydrogen-bond donors (Lipinski definition) is 1. The Hall–Kier alpha value is -1.83. The maximum Gasteiger partial charge on any atom is 0.125 e. The summed E-state index contributed by atoms with van der Waals surface area (Å²) in [5.41, 5.74) is 3.28. The van der Waals surface area contributed by atoms with Crippen molar-refractivity contribution in [3.05, 3.63) is 65.5 Å². The Balaban J connectivity index is 1.88. The molecule has 0 aliphatic heterocycles. The molecule has 1 fully saturated rings. The summed E-state index contributed by atoms with van der Waals surface area (Å²) in [6.45, 7) is 2.01. The third-order valence-electron chi connectivity index (χ3n) is 3.76. The zero-order valence-electron chi connectivity index (χ0n) is 11.1. The van der Waals surface area contributed by atoms with E-state index in [9.17, 15) is 4.39 Å². The zero-order valence-corrected chi connectivity index (χ0v) is 11.1. The Labute approximate surface area is 113 Å². The van der Waals surface area contributed by atoms with E-state index in [2.05, 4.69) is 29.6 Å². The number of aryl methyl sites for hydroxylation is 1. The average Bonchev–Trinajstić information content (AvgIpc) is 3.25. The van der Waals surface area contributed by atoms with E-state index >= 15 is 0 Å². The molecule has 0 amide bonds. The molecule has 98 valence electrons. The molecule has 1 N–H and O–H groups in total. The minimum Gasteiger partial charge on any atom is -0.378 e. The van der Waals surface area contributed by atoms with Crippen LogP contribution >= 0.6 is 0 Å². The van der Waals surface area contributed by atoms with Gasteiger partial charge in [0.2, 0.25) is 0 Å². The highest BCUT2D eigenvalue weighted by molar-refractivity contribution is 5.52. The topological polar surface area (TPSA) is 12.0 Å². The van der Waals surface area contributed by atoms with Gasteiger partial charge in [-0.3, -0.25) is 0 Å². The molecule has 0 radical (unpaired) electrons. The molecule has 1 atom stereocenters. The standard InChI is InChI=1S/C17H18FN/c1-12-7-10-15(18)11-16(12)19-17(14-8-9-14)13-5-3-2-4-6-13/h2-7,10-11,14,17,19H,8-9H2,1H3. The molecule has 1 nitrogen and oxygen atoms in total. The van der Waals surface area contributed by atoms with Crippen molar-refractivity contribution in [2.75, 3.05) is 5.32 Å². The van der Waals surface area contributed by atoms with Crippen LogP contribution < -0.4 is 5.32 Å². The molecule has 0 bridgehead atoms. The minimum atomic E-state index is -0.185. The van der Waals surface area contributed by atoms with Gasteiger partial charge in [0.25, 0.3) is 0 Å². The molecule has 1 saturated carbocycles. The molecule has 2 aromatic rings. The fourth-order valence-corrected chi connectivity index (χ4v) is 2.48. The highest BCUT2D eigenvalue weighted by Crippen LogP contribution is 2.43. The lowest BCUT2D eigenvalue weighted by Gasteiger charge is -2.21. The van der Waals surface area contributed by atoms with Crippen LogP contribution in [0.15, 0.2) is 48.5 Å². The number of benzene rings is 2. The Morgan fingerprint density at radius 2 is 1.84 bits per heavy atom. The number of anilines is 1. The van der Waals surface area contributed by atoms with E-state index in [0.29, 0.717) is 12.0 Å². The fraction of sp³-hybridized carbons (Fsp3) is 0.294. The molecule has 1 aliphatic carbocycles. The van der Waals surface area contributed by atoms with E-state index in [1.165, 1.54) is 24.5 Å². The zero-order chi connectivity index (χ0) is 13.2. The van der Waals surface area contributed by atoms with Gasteiger partial charge in [-0.25, -0.2) is 4.39 Å². The first-order valence-electron chi connectivity index (χ1n) is 6.81. The van der Waals surface area contributed by atoms with Gasteiger partial charge in [0, 0.05) is 5.69 Å². The lowest BCUT2D eigenvalue weighted by molar-refractivity contribution is 0.625. The van der Waals surface area contributed by atoms with E-state index in [-0.39, 0.29) is 5.82 Å². The van der Waals surface area contributed by atoms with Crippen LogP contribution in [0.2, 0.25) is 0 Å². The molecule has 0 saturated heterocycles. The predicted molar refractivity (Wildman–Crippen MR) is 76.7 cm³/mol. The van der Waals surface area contributed by atoms with Crippen molar-refractivity contribution < 1.29 is 4.39 Å². The van der Waals surface area contributed by atoms with Gasteiger partial charge in [-0.15, -0.1) is 0 Å². The highest BCUT2D eigenvalue weighted by atomic mass is 19.1. The van der Waals surface area contributed by atoms with Crippen molar-refractivity contribution in [3.8, 4) is 0 Å². The second kappa shape index (κ2) is 5.04. The van der Waals surface area contributed by atoms with E-state index in [0.717, 1.165) is 11.3 Å². The summed E-state index contributed by atoms with van der Waals surface area (Å²) in [4.78, 5) is 0. The van der Waals surface area contributed by atoms with E-state index in [1.54, 1.807) is 6.07 Å². The van der Waals surface area contributed by atoms with E-state index in [1.807, 2.05) is 19.1 Å². The molecule has 2 aromatic carbocycles. The van der Waals surface area contributed by atoms with Crippen LogP contribution in [-0.4, -0.2) is 0 Å². The lowest BCUT2D eigenvalue weighted by atomic mass is 10.0. The van der Waals surface area contributed by atoms with Gasteiger partial charge in [-0.1, -0.05) is 36.4 Å². The van der Waals surface area contributed by atoms with Crippen LogP contribution in [0.1, 0.15) is 30.0 Å². The summed E-state index contributed by atoms with van der Waals surface area (Å²) in [5.74, 6) is 0.487. The Bertz CT molecular complexity index is 561. The van der Waals surface area contributed by atoms with Crippen LogP contribution in [0.25, 0.3) is 0 Å². The molecule has 2 heteroatoms. The third-order valence-corrected chi connectivity index (χ3v) is 3.76. The van der Waals surface area contributed by atoms with E-state index in [4.69, 9.17) is 0 Å². The predicted octanol–water partition coefficient (Wildman–Crippen LogP) is 4.70. The van der Waals surface area contributed by atoms with Crippen molar-refractivity contribution in [1.82, 2.24) is 0 Å². The number of hydrogen-bond acceptors (Lipinski definition) is 1. The molecule has 1 aliphatic rings. The average molecular weight is 255 g/mol. The summed E-state index contributed by atoms with van der Waals surface area (Å²) in [7, 11) is 0. The molecule has 0 heterocycles. The van der Waals surface area contributed by atoms with Gasteiger partial charge < -0.3 is 5.32 Å². The van der Waals surface area contributed by atoms with Crippen LogP contribution in [0.5, 0.6) is 0 Å². The van der Waals surface area contributed by atoms with Crippen molar-refractivity contribution in [2.45, 2.75) is 25.8 Å². The molecule has 0 aromatic heterocycles. The first-order valence-corrected chi connectivity index (χ1v) is 6.81. The van der Waals surface area contributed by atoms with Crippen molar-refractivity contribution >= 4 is 5.69 Å². The Morgan fingerprint density at radius 1 is 1.11 bits per heavy atom. The maximum absolute atomic E-state index is 13.4. The summed E-state index contributed by atoms with van der Waals surface area (Å²) in [6, 6.07) is 15.7. The monoisotopic (exact) mass is 255 g/mol. The number of nitrogens with one attached hydrogen (secondary N) is 1. The van der Waals surface area contributed by atoms with Crippen molar-refractivity contribution in [2.24, 2.45) is 5.92 Å². The van der Waals surface area contributed by atoms with Crippen LogP contribution in [0.4, 0.5) is 10.1 Å². The summed E-state index contributed by atoms with van der Waals surface area (Å²) < 4.78 is 13.4. The fourth-order valence-electron chi connectivity index (χ4n) is 2.48. The highest BCUT2D eigenvalue weighted by Gasteiger charge is 2.32. The molecule has 19 heavy (non-hydrogen) atoms. The second-order valence-electron chi connectivity index (χ2n) is 5.33. The van der Waals surface area contributed by atoms with Gasteiger partial charge >= 0.3 is 0 Å². The van der Waals surface area contributed by atoms with Gasteiger partial charge in [0.15, 0.2) is 0 Å². The largest absolute Gasteiger partial charge is 0.378 e. The molecular weight excluding hydrogens is 237 g/mol. The lowest BCUT2D eigenvalue weighted by Crippen LogP contribution is -2.13. The third kappa shape index (κ3) is 2.78. The Morgan fingerprint density at radius 3 is 2.53 bits per heavy atom. The quantitative estimate of drug-likeness (QED) is 0.835. The van der Waals surface area contributed by atoms with Gasteiger partial charge in [0.05, 0.1) is 6.04 Å². The molecule has 3 rings (SSSR count). The summed E-state index contributed by atoms with van der Waals surface area (Å²) in [5, 5.41) is 3.53. The van der Waals surface area contributed by atoms with Crippen LogP contribution in [0, 0.1) is 18.7 Å². The van der Waals surface area contributed by atoms with Crippen molar-refractivity contribution in [1.29, 1.82) is 0 Å². The number of halogens is 1. The summed E-state index contributed by atoms with van der Waals surface area (Å²) >= 11 is 0. The van der Waals surface area contributed by atoms with E-state index < -0.39 is 0 Å². The smallest absolute Gasteiger partial charge is 0.125 e. The van der Waals surface area contributed by atoms with Crippen LogP contribution in [-0.2, 0) is 0 Å². The Kier molecular flexibility index (Phi) is 3.24. The minimum absolute atomic E-state index is 0.185. The molecular formula is C17H18FN. The first-order chi connectivity index (χ1) is 9.24. The SMILES string of the molecule is Cc1ccc(F)cc1NC(c1ccccc1)C1CC1. The normalized spacial score (nSPS) is 16.1. The molecule has 0 spiro atoms. The van der Waals surface area contributed by atoms with Crippen molar-refractivity contribution in [3.63, 3.8) is 0 Å². The van der Waals surface area contributed by atoms with Crippen LogP contribution in [0.3, 0.4) is 0 Å². The maximum atomic E-state index is 13.4. The molecule has 1 unspecified atom stereocenters. The van der Waals surface area contributed by atoms with Gasteiger partial charge in [-0.05, 0) is 48.9 Å². The van der Waals surface area contributed by atoms with Gasteiger partial charge in [0.1, 0.15) is 5.82 Å².